The van der Waals surface area contributed by atoms with Gasteiger partial charge < -0.3 is 10.2 Å². The van der Waals surface area contributed by atoms with Crippen LogP contribution in [0.3, 0.4) is 0 Å². The standard InChI is InChI=1S/C19H17F3N4O/c20-19(21,22)14-3-1-13(2-4-14)16-11-18(27)26-12-15(5-6-17(26)24-16)25-9-7-23-8-10-25/h1-6,11-12,23H,7-10H2. The van der Waals surface area contributed by atoms with E-state index in [0.717, 1.165) is 44.0 Å². The van der Waals surface area contributed by atoms with Gasteiger partial charge in [0.05, 0.1) is 16.9 Å². The van der Waals surface area contributed by atoms with Gasteiger partial charge in [-0.3, -0.25) is 9.20 Å². The van der Waals surface area contributed by atoms with E-state index in [4.69, 9.17) is 0 Å². The number of benzene rings is 1. The molecule has 0 unspecified atom stereocenters. The average Bonchev–Trinajstić information content (AvgIpc) is 2.68. The number of rotatable bonds is 2. The number of fused-ring (bicyclic) bond motifs is 1. The molecule has 2 aromatic heterocycles. The van der Waals surface area contributed by atoms with E-state index in [9.17, 15) is 18.0 Å². The molecule has 3 heterocycles. The molecule has 0 amide bonds. The number of hydrogen-bond acceptors (Lipinski definition) is 4. The van der Waals surface area contributed by atoms with Crippen molar-refractivity contribution in [2.75, 3.05) is 31.1 Å². The van der Waals surface area contributed by atoms with Crippen LogP contribution >= 0.6 is 0 Å². The van der Waals surface area contributed by atoms with Crippen molar-refractivity contribution in [1.82, 2.24) is 14.7 Å². The summed E-state index contributed by atoms with van der Waals surface area (Å²) in [5, 5.41) is 3.28. The zero-order valence-electron chi connectivity index (χ0n) is 14.3. The van der Waals surface area contributed by atoms with Crippen LogP contribution in [0, 0.1) is 0 Å². The average molecular weight is 374 g/mol. The van der Waals surface area contributed by atoms with E-state index in [2.05, 4.69) is 15.2 Å². The molecule has 0 saturated carbocycles. The molecular formula is C19H17F3N4O. The predicted octanol–water partition coefficient (Wildman–Crippen LogP) is 2.79. The number of aromatic nitrogens is 2. The third-order valence-corrected chi connectivity index (χ3v) is 4.63. The lowest BCUT2D eigenvalue weighted by atomic mass is 10.1. The zero-order chi connectivity index (χ0) is 19.0. The lowest BCUT2D eigenvalue weighted by molar-refractivity contribution is -0.137. The lowest BCUT2D eigenvalue weighted by Crippen LogP contribution is -2.43. The largest absolute Gasteiger partial charge is 0.416 e. The fourth-order valence-corrected chi connectivity index (χ4v) is 3.18. The lowest BCUT2D eigenvalue weighted by Gasteiger charge is -2.29. The second-order valence-electron chi connectivity index (χ2n) is 6.41. The van der Waals surface area contributed by atoms with Gasteiger partial charge in [0, 0.05) is 44.0 Å². The topological polar surface area (TPSA) is 49.6 Å². The molecule has 1 aliphatic rings. The first-order valence-electron chi connectivity index (χ1n) is 8.58. The first-order chi connectivity index (χ1) is 12.9. The highest BCUT2D eigenvalue weighted by molar-refractivity contribution is 5.63. The minimum atomic E-state index is -4.39. The number of nitrogens with zero attached hydrogens (tertiary/aromatic N) is 3. The summed E-state index contributed by atoms with van der Waals surface area (Å²) in [6.07, 6.45) is -2.64. The highest BCUT2D eigenvalue weighted by Gasteiger charge is 2.30. The fourth-order valence-electron chi connectivity index (χ4n) is 3.18. The van der Waals surface area contributed by atoms with Crippen LogP contribution in [0.4, 0.5) is 18.9 Å². The summed E-state index contributed by atoms with van der Waals surface area (Å²) in [5.74, 6) is 0. The molecule has 1 N–H and O–H groups in total. The molecule has 1 aromatic carbocycles. The van der Waals surface area contributed by atoms with Gasteiger partial charge in [-0.15, -0.1) is 0 Å². The second kappa shape index (κ2) is 6.70. The smallest absolute Gasteiger partial charge is 0.368 e. The van der Waals surface area contributed by atoms with Crippen molar-refractivity contribution in [2.24, 2.45) is 0 Å². The van der Waals surface area contributed by atoms with E-state index in [-0.39, 0.29) is 5.56 Å². The number of piperazine rings is 1. The Morgan fingerprint density at radius 3 is 2.37 bits per heavy atom. The Bertz CT molecular complexity index is 1020. The molecule has 0 aliphatic carbocycles. The quantitative estimate of drug-likeness (QED) is 0.750. The maximum atomic E-state index is 12.7. The van der Waals surface area contributed by atoms with E-state index in [1.165, 1.54) is 22.6 Å². The molecule has 140 valence electrons. The Labute approximate surface area is 153 Å². The summed E-state index contributed by atoms with van der Waals surface area (Å²) >= 11 is 0. The minimum absolute atomic E-state index is 0.271. The van der Waals surface area contributed by atoms with Gasteiger partial charge >= 0.3 is 6.18 Å². The van der Waals surface area contributed by atoms with Crippen LogP contribution in [0.15, 0.2) is 53.5 Å². The van der Waals surface area contributed by atoms with Crippen LogP contribution in [0.2, 0.25) is 0 Å². The van der Waals surface area contributed by atoms with Crippen molar-refractivity contribution in [2.45, 2.75) is 6.18 Å². The normalized spacial score (nSPS) is 15.3. The van der Waals surface area contributed by atoms with Crippen LogP contribution in [0.1, 0.15) is 5.56 Å². The monoisotopic (exact) mass is 374 g/mol. The van der Waals surface area contributed by atoms with Gasteiger partial charge in [-0.05, 0) is 24.3 Å². The first-order valence-corrected chi connectivity index (χ1v) is 8.58. The fraction of sp³-hybridized carbons (Fsp3) is 0.263. The molecule has 1 aliphatic heterocycles. The predicted molar refractivity (Wildman–Crippen MR) is 97.0 cm³/mol. The third kappa shape index (κ3) is 3.52. The molecule has 3 aromatic rings. The minimum Gasteiger partial charge on any atom is -0.368 e. The second-order valence-corrected chi connectivity index (χ2v) is 6.41. The van der Waals surface area contributed by atoms with Gasteiger partial charge in [0.25, 0.3) is 5.56 Å². The van der Waals surface area contributed by atoms with Gasteiger partial charge in [-0.2, -0.15) is 13.2 Å². The van der Waals surface area contributed by atoms with E-state index < -0.39 is 11.7 Å². The van der Waals surface area contributed by atoms with Crippen molar-refractivity contribution >= 4 is 11.3 Å². The SMILES string of the molecule is O=c1cc(-c2ccc(C(F)(F)F)cc2)nc2ccc(N3CCNCC3)cn12. The van der Waals surface area contributed by atoms with Crippen molar-refractivity contribution in [1.29, 1.82) is 0 Å². The van der Waals surface area contributed by atoms with Crippen molar-refractivity contribution in [3.63, 3.8) is 0 Å². The Hall–Kier alpha value is -2.87. The summed E-state index contributed by atoms with van der Waals surface area (Å²) in [6, 6.07) is 9.65. The van der Waals surface area contributed by atoms with E-state index in [0.29, 0.717) is 16.9 Å². The number of halogens is 3. The summed E-state index contributed by atoms with van der Waals surface area (Å²) < 4.78 is 39.6. The highest BCUT2D eigenvalue weighted by Crippen LogP contribution is 2.30. The molecule has 0 bridgehead atoms. The zero-order valence-corrected chi connectivity index (χ0v) is 14.3. The summed E-state index contributed by atoms with van der Waals surface area (Å²) in [7, 11) is 0. The van der Waals surface area contributed by atoms with Crippen LogP contribution < -0.4 is 15.8 Å². The highest BCUT2D eigenvalue weighted by atomic mass is 19.4. The van der Waals surface area contributed by atoms with Gasteiger partial charge in [0.2, 0.25) is 0 Å². The summed E-state index contributed by atoms with van der Waals surface area (Å²) in [4.78, 5) is 19.2. The number of nitrogens with one attached hydrogen (secondary N) is 1. The van der Waals surface area contributed by atoms with Crippen molar-refractivity contribution in [3.05, 3.63) is 64.6 Å². The maximum Gasteiger partial charge on any atom is 0.416 e. The summed E-state index contributed by atoms with van der Waals surface area (Å²) in [6.45, 7) is 3.49. The van der Waals surface area contributed by atoms with E-state index in [1.54, 1.807) is 12.3 Å². The van der Waals surface area contributed by atoms with Gasteiger partial charge in [0.1, 0.15) is 5.65 Å². The molecule has 4 rings (SSSR count). The molecule has 0 spiro atoms. The third-order valence-electron chi connectivity index (χ3n) is 4.63. The van der Waals surface area contributed by atoms with Crippen molar-refractivity contribution in [3.8, 4) is 11.3 Å². The Balaban J connectivity index is 1.70. The van der Waals surface area contributed by atoms with Crippen LogP contribution in [-0.2, 0) is 6.18 Å². The molecule has 1 fully saturated rings. The maximum absolute atomic E-state index is 12.7. The van der Waals surface area contributed by atoms with Crippen LogP contribution in [0.25, 0.3) is 16.9 Å². The van der Waals surface area contributed by atoms with Crippen molar-refractivity contribution < 1.29 is 13.2 Å². The van der Waals surface area contributed by atoms with E-state index in [1.807, 2.05) is 6.07 Å². The van der Waals surface area contributed by atoms with Crippen LogP contribution in [-0.4, -0.2) is 35.6 Å². The van der Waals surface area contributed by atoms with Gasteiger partial charge in [-0.25, -0.2) is 4.98 Å². The first kappa shape index (κ1) is 17.5. The molecule has 1 saturated heterocycles. The number of alkyl halides is 3. The number of hydrogen-bond donors (Lipinski definition) is 1. The molecule has 27 heavy (non-hydrogen) atoms. The Morgan fingerprint density at radius 1 is 1.00 bits per heavy atom. The molecule has 0 radical (unpaired) electrons. The molecule has 8 heteroatoms. The number of anilines is 1. The van der Waals surface area contributed by atoms with Gasteiger partial charge in [-0.1, -0.05) is 12.1 Å². The van der Waals surface area contributed by atoms with E-state index >= 15 is 0 Å². The van der Waals surface area contributed by atoms with Gasteiger partial charge in [0.15, 0.2) is 0 Å². The molecular weight excluding hydrogens is 357 g/mol. The summed E-state index contributed by atoms with van der Waals surface area (Å²) in [5.41, 5.74) is 1.21. The molecule has 5 nitrogen and oxygen atoms in total. The Morgan fingerprint density at radius 2 is 1.70 bits per heavy atom. The Kier molecular flexibility index (Phi) is 4.35. The number of pyridine rings is 1. The van der Waals surface area contributed by atoms with Crippen LogP contribution in [0.5, 0.6) is 0 Å². The molecule has 0 atom stereocenters.